The van der Waals surface area contributed by atoms with Gasteiger partial charge in [-0.2, -0.15) is 0 Å². The third kappa shape index (κ3) is 4.96. The molecule has 0 heterocycles. The van der Waals surface area contributed by atoms with Gasteiger partial charge in [0.1, 0.15) is 0 Å². The van der Waals surface area contributed by atoms with E-state index in [0.717, 1.165) is 5.56 Å². The number of carboxylic acid groups (broad SMARTS) is 1. The van der Waals surface area contributed by atoms with Gasteiger partial charge in [-0.15, -0.1) is 0 Å². The van der Waals surface area contributed by atoms with Gasteiger partial charge in [0.15, 0.2) is 0 Å². The lowest BCUT2D eigenvalue weighted by Gasteiger charge is -2.25. The summed E-state index contributed by atoms with van der Waals surface area (Å²) in [6.45, 7) is 1.73. The largest absolute Gasteiger partial charge is 0.481 e. The smallest absolute Gasteiger partial charge is 0.306 e. The maximum absolute atomic E-state index is 12.1. The lowest BCUT2D eigenvalue weighted by atomic mass is 9.81. The molecular formula is C17H21ClN2O4. The van der Waals surface area contributed by atoms with E-state index >= 15 is 0 Å². The Morgan fingerprint density at radius 1 is 1.25 bits per heavy atom. The van der Waals surface area contributed by atoms with Crippen LogP contribution < -0.4 is 10.6 Å². The molecule has 0 aromatic heterocycles. The van der Waals surface area contributed by atoms with Crippen molar-refractivity contribution < 1.29 is 19.5 Å². The SMILES string of the molecule is Cc1ccc(NC(=O)CNC(=O)C2CCCC(C(=O)O)C2)c(Cl)c1. The molecule has 0 saturated heterocycles. The third-order valence-corrected chi connectivity index (χ3v) is 4.53. The summed E-state index contributed by atoms with van der Waals surface area (Å²) in [5.74, 6) is -2.34. The Kier molecular flexibility index (Phi) is 6.20. The number of carboxylic acids is 1. The molecule has 1 aromatic carbocycles. The highest BCUT2D eigenvalue weighted by atomic mass is 35.5. The molecule has 7 heteroatoms. The molecule has 130 valence electrons. The van der Waals surface area contributed by atoms with Crippen LogP contribution in [0.5, 0.6) is 0 Å². The summed E-state index contributed by atoms with van der Waals surface area (Å²) >= 11 is 6.05. The van der Waals surface area contributed by atoms with Crippen molar-refractivity contribution >= 4 is 35.1 Å². The molecule has 6 nitrogen and oxygen atoms in total. The molecule has 2 amide bonds. The molecule has 0 aliphatic heterocycles. The number of aliphatic carboxylic acids is 1. The Morgan fingerprint density at radius 2 is 1.96 bits per heavy atom. The van der Waals surface area contributed by atoms with Crippen LogP contribution in [-0.4, -0.2) is 29.4 Å². The number of rotatable bonds is 5. The van der Waals surface area contributed by atoms with Crippen LogP contribution >= 0.6 is 11.6 Å². The number of amides is 2. The van der Waals surface area contributed by atoms with Gasteiger partial charge in [0.2, 0.25) is 11.8 Å². The van der Waals surface area contributed by atoms with Crippen molar-refractivity contribution in [1.29, 1.82) is 0 Å². The summed E-state index contributed by atoms with van der Waals surface area (Å²) in [4.78, 5) is 35.1. The summed E-state index contributed by atoms with van der Waals surface area (Å²) in [7, 11) is 0. The van der Waals surface area contributed by atoms with Crippen molar-refractivity contribution in [2.45, 2.75) is 32.6 Å². The van der Waals surface area contributed by atoms with E-state index in [1.165, 1.54) is 0 Å². The minimum Gasteiger partial charge on any atom is -0.481 e. The van der Waals surface area contributed by atoms with Crippen molar-refractivity contribution in [2.75, 3.05) is 11.9 Å². The molecule has 2 atom stereocenters. The fourth-order valence-corrected chi connectivity index (χ4v) is 3.16. The van der Waals surface area contributed by atoms with Gasteiger partial charge >= 0.3 is 5.97 Å². The second-order valence-electron chi connectivity index (χ2n) is 6.15. The predicted octanol–water partition coefficient (Wildman–Crippen LogP) is 2.59. The van der Waals surface area contributed by atoms with Crippen molar-refractivity contribution in [1.82, 2.24) is 5.32 Å². The number of benzene rings is 1. The van der Waals surface area contributed by atoms with E-state index in [9.17, 15) is 14.4 Å². The standard InChI is InChI=1S/C17H21ClN2O4/c1-10-5-6-14(13(18)7-10)20-15(21)9-19-16(22)11-3-2-4-12(8-11)17(23)24/h5-7,11-12H,2-4,8-9H2,1H3,(H,19,22)(H,20,21)(H,23,24). The molecule has 1 aliphatic rings. The number of hydrogen-bond acceptors (Lipinski definition) is 3. The fourth-order valence-electron chi connectivity index (χ4n) is 2.88. The van der Waals surface area contributed by atoms with E-state index in [1.807, 2.05) is 13.0 Å². The normalized spacial score (nSPS) is 20.2. The molecule has 1 aromatic rings. The van der Waals surface area contributed by atoms with E-state index in [0.29, 0.717) is 36.4 Å². The Hall–Kier alpha value is -2.08. The first-order chi connectivity index (χ1) is 11.4. The molecule has 1 fully saturated rings. The van der Waals surface area contributed by atoms with E-state index < -0.39 is 11.9 Å². The summed E-state index contributed by atoms with van der Waals surface area (Å²) in [6.07, 6.45) is 2.29. The van der Waals surface area contributed by atoms with Crippen molar-refractivity contribution in [3.05, 3.63) is 28.8 Å². The molecule has 2 rings (SSSR count). The van der Waals surface area contributed by atoms with Crippen LogP contribution in [-0.2, 0) is 14.4 Å². The van der Waals surface area contributed by atoms with E-state index in [-0.39, 0.29) is 24.3 Å². The molecule has 24 heavy (non-hydrogen) atoms. The van der Waals surface area contributed by atoms with Gasteiger partial charge in [-0.3, -0.25) is 14.4 Å². The molecule has 0 bridgehead atoms. The van der Waals surface area contributed by atoms with Crippen molar-refractivity contribution in [3.63, 3.8) is 0 Å². The lowest BCUT2D eigenvalue weighted by molar-refractivity contribution is -0.144. The molecule has 3 N–H and O–H groups in total. The van der Waals surface area contributed by atoms with Gasteiger partial charge in [0.25, 0.3) is 0 Å². The van der Waals surface area contributed by atoms with Gasteiger partial charge in [-0.05, 0) is 43.9 Å². The Bertz CT molecular complexity index is 647. The molecular weight excluding hydrogens is 332 g/mol. The highest BCUT2D eigenvalue weighted by Gasteiger charge is 2.31. The van der Waals surface area contributed by atoms with Gasteiger partial charge in [0, 0.05) is 5.92 Å². The summed E-state index contributed by atoms with van der Waals surface area (Å²) in [6, 6.07) is 5.27. The first-order valence-corrected chi connectivity index (χ1v) is 8.31. The molecule has 1 saturated carbocycles. The number of nitrogens with one attached hydrogen (secondary N) is 2. The van der Waals surface area contributed by atoms with Crippen LogP contribution in [0.15, 0.2) is 18.2 Å². The predicted molar refractivity (Wildman–Crippen MR) is 90.9 cm³/mol. The van der Waals surface area contributed by atoms with Crippen molar-refractivity contribution in [3.8, 4) is 0 Å². The van der Waals surface area contributed by atoms with Crippen LogP contribution in [0.3, 0.4) is 0 Å². The van der Waals surface area contributed by atoms with Gasteiger partial charge in [-0.1, -0.05) is 24.1 Å². The zero-order valence-corrected chi connectivity index (χ0v) is 14.2. The van der Waals surface area contributed by atoms with Crippen LogP contribution in [0.2, 0.25) is 5.02 Å². The second-order valence-corrected chi connectivity index (χ2v) is 6.56. The van der Waals surface area contributed by atoms with Crippen molar-refractivity contribution in [2.24, 2.45) is 11.8 Å². The number of carbonyl (C=O) groups is 3. The number of hydrogen-bond donors (Lipinski definition) is 3. The van der Waals surface area contributed by atoms with Crippen LogP contribution in [0.1, 0.15) is 31.2 Å². The van der Waals surface area contributed by atoms with Crippen LogP contribution in [0.25, 0.3) is 0 Å². The van der Waals surface area contributed by atoms with Gasteiger partial charge in [-0.25, -0.2) is 0 Å². The molecule has 0 spiro atoms. The van der Waals surface area contributed by atoms with E-state index in [2.05, 4.69) is 10.6 Å². The topological polar surface area (TPSA) is 95.5 Å². The molecule has 2 unspecified atom stereocenters. The maximum atomic E-state index is 12.1. The summed E-state index contributed by atoms with van der Waals surface area (Å²) in [5, 5.41) is 14.7. The zero-order valence-electron chi connectivity index (χ0n) is 13.5. The van der Waals surface area contributed by atoms with E-state index in [4.69, 9.17) is 16.7 Å². The lowest BCUT2D eigenvalue weighted by Crippen LogP contribution is -2.39. The van der Waals surface area contributed by atoms with Gasteiger partial charge < -0.3 is 15.7 Å². The minimum atomic E-state index is -0.862. The molecule has 1 aliphatic carbocycles. The quantitative estimate of drug-likeness (QED) is 0.759. The first kappa shape index (κ1) is 18.3. The average Bonchev–Trinajstić information content (AvgIpc) is 2.55. The maximum Gasteiger partial charge on any atom is 0.306 e. The monoisotopic (exact) mass is 352 g/mol. The zero-order chi connectivity index (χ0) is 17.7. The summed E-state index contributed by atoms with van der Waals surface area (Å²) < 4.78 is 0. The third-order valence-electron chi connectivity index (χ3n) is 4.22. The van der Waals surface area contributed by atoms with Crippen LogP contribution in [0, 0.1) is 18.8 Å². The first-order valence-electron chi connectivity index (χ1n) is 7.93. The van der Waals surface area contributed by atoms with Gasteiger partial charge in [0.05, 0.1) is 23.2 Å². The fraction of sp³-hybridized carbons (Fsp3) is 0.471. The Morgan fingerprint density at radius 3 is 2.62 bits per heavy atom. The highest BCUT2D eigenvalue weighted by Crippen LogP contribution is 2.29. The number of anilines is 1. The average molecular weight is 353 g/mol. The Balaban J connectivity index is 1.82. The minimum absolute atomic E-state index is 0.169. The number of aryl methyl sites for hydroxylation is 1. The summed E-state index contributed by atoms with van der Waals surface area (Å²) in [5.41, 5.74) is 1.47. The number of carbonyl (C=O) groups excluding carboxylic acids is 2. The Labute approximate surface area is 145 Å². The van der Waals surface area contributed by atoms with E-state index in [1.54, 1.807) is 12.1 Å². The number of halogens is 1. The highest BCUT2D eigenvalue weighted by molar-refractivity contribution is 6.33. The second kappa shape index (κ2) is 8.15. The van der Waals surface area contributed by atoms with Crippen LogP contribution in [0.4, 0.5) is 5.69 Å². The molecule has 0 radical (unpaired) electrons.